The number of hydrogen-bond donors (Lipinski definition) is 1. The molecular formula is C15H22N2O. The van der Waals surface area contributed by atoms with Crippen LogP contribution in [0.3, 0.4) is 0 Å². The number of nitrogens with one attached hydrogen (secondary N) is 1. The van der Waals surface area contributed by atoms with Crippen LogP contribution in [0.4, 0.5) is 5.69 Å². The highest BCUT2D eigenvalue weighted by molar-refractivity contribution is 5.76. The highest BCUT2D eigenvalue weighted by Crippen LogP contribution is 2.27. The Morgan fingerprint density at radius 1 is 1.39 bits per heavy atom. The van der Waals surface area contributed by atoms with Gasteiger partial charge in [0.25, 0.3) is 0 Å². The zero-order valence-corrected chi connectivity index (χ0v) is 11.3. The minimum atomic E-state index is 0.160. The Labute approximate surface area is 109 Å². The zero-order chi connectivity index (χ0) is 13.0. The molecule has 0 fully saturated rings. The van der Waals surface area contributed by atoms with E-state index in [2.05, 4.69) is 48.3 Å². The third kappa shape index (κ3) is 3.25. The number of nitrogens with zero attached hydrogens (tertiary/aromatic N) is 1. The molecular weight excluding hydrogens is 224 g/mol. The van der Waals surface area contributed by atoms with E-state index in [1.54, 1.807) is 0 Å². The van der Waals surface area contributed by atoms with Crippen LogP contribution in [0.15, 0.2) is 24.3 Å². The molecule has 3 heteroatoms. The lowest BCUT2D eigenvalue weighted by atomic mass is 10.2. The van der Waals surface area contributed by atoms with Gasteiger partial charge in [0, 0.05) is 31.7 Å². The number of benzene rings is 1. The van der Waals surface area contributed by atoms with E-state index >= 15 is 0 Å². The summed E-state index contributed by atoms with van der Waals surface area (Å²) in [6.45, 7) is 6.85. The maximum atomic E-state index is 11.7. The van der Waals surface area contributed by atoms with Crippen LogP contribution in [0, 0.1) is 5.92 Å². The Hall–Kier alpha value is -1.51. The summed E-state index contributed by atoms with van der Waals surface area (Å²) in [5.74, 6) is 0.676. The van der Waals surface area contributed by atoms with E-state index in [0.29, 0.717) is 12.3 Å². The summed E-state index contributed by atoms with van der Waals surface area (Å²) in [7, 11) is 0. The van der Waals surface area contributed by atoms with Crippen molar-refractivity contribution < 1.29 is 4.79 Å². The molecule has 1 aliphatic heterocycles. The summed E-state index contributed by atoms with van der Waals surface area (Å²) >= 11 is 0. The minimum absolute atomic E-state index is 0.160. The number of rotatable bonds is 5. The molecule has 0 unspecified atom stereocenters. The Balaban J connectivity index is 1.80. The molecule has 18 heavy (non-hydrogen) atoms. The first-order valence-electron chi connectivity index (χ1n) is 6.76. The van der Waals surface area contributed by atoms with Gasteiger partial charge in [-0.2, -0.15) is 0 Å². The molecule has 1 heterocycles. The second-order valence-electron chi connectivity index (χ2n) is 5.31. The van der Waals surface area contributed by atoms with Crippen molar-refractivity contribution in [2.45, 2.75) is 26.7 Å². The first-order chi connectivity index (χ1) is 8.66. The summed E-state index contributed by atoms with van der Waals surface area (Å²) in [6.07, 6.45) is 1.69. The van der Waals surface area contributed by atoms with Crippen molar-refractivity contribution in [1.29, 1.82) is 0 Å². The molecule has 2 rings (SSSR count). The van der Waals surface area contributed by atoms with E-state index in [9.17, 15) is 4.79 Å². The van der Waals surface area contributed by atoms with Gasteiger partial charge in [0.1, 0.15) is 0 Å². The van der Waals surface area contributed by atoms with Gasteiger partial charge >= 0.3 is 0 Å². The zero-order valence-electron chi connectivity index (χ0n) is 11.3. The highest BCUT2D eigenvalue weighted by atomic mass is 16.1. The summed E-state index contributed by atoms with van der Waals surface area (Å²) < 4.78 is 0. The monoisotopic (exact) mass is 246 g/mol. The molecule has 0 aliphatic carbocycles. The first-order valence-corrected chi connectivity index (χ1v) is 6.76. The van der Waals surface area contributed by atoms with Crippen LogP contribution in [0.2, 0.25) is 0 Å². The lowest BCUT2D eigenvalue weighted by molar-refractivity contribution is -0.121. The third-order valence-corrected chi connectivity index (χ3v) is 3.30. The van der Waals surface area contributed by atoms with Crippen molar-refractivity contribution in [2.75, 3.05) is 24.5 Å². The van der Waals surface area contributed by atoms with E-state index in [0.717, 1.165) is 26.1 Å². The molecule has 0 saturated heterocycles. The Morgan fingerprint density at radius 3 is 2.94 bits per heavy atom. The van der Waals surface area contributed by atoms with E-state index < -0.39 is 0 Å². The standard InChI is InChI=1S/C15H22N2O/c1-12(2)11-16-15(18)8-10-17-9-7-13-5-3-4-6-14(13)17/h3-6,12H,7-11H2,1-2H3,(H,16,18). The van der Waals surface area contributed by atoms with Crippen LogP contribution in [0.1, 0.15) is 25.8 Å². The molecule has 1 aromatic rings. The largest absolute Gasteiger partial charge is 0.370 e. The van der Waals surface area contributed by atoms with E-state index in [-0.39, 0.29) is 5.91 Å². The summed E-state index contributed by atoms with van der Waals surface area (Å²) in [6, 6.07) is 8.47. The SMILES string of the molecule is CC(C)CNC(=O)CCN1CCc2ccccc21. The number of anilines is 1. The number of hydrogen-bond acceptors (Lipinski definition) is 2. The fraction of sp³-hybridized carbons (Fsp3) is 0.533. The van der Waals surface area contributed by atoms with Crippen LogP contribution in [0.5, 0.6) is 0 Å². The molecule has 1 N–H and O–H groups in total. The van der Waals surface area contributed by atoms with Gasteiger partial charge in [-0.05, 0) is 24.0 Å². The Kier molecular flexibility index (Phi) is 4.24. The van der Waals surface area contributed by atoms with Crippen LogP contribution < -0.4 is 10.2 Å². The summed E-state index contributed by atoms with van der Waals surface area (Å²) in [5, 5.41) is 2.96. The van der Waals surface area contributed by atoms with Crippen molar-refractivity contribution in [3.8, 4) is 0 Å². The van der Waals surface area contributed by atoms with E-state index in [1.165, 1.54) is 11.3 Å². The minimum Gasteiger partial charge on any atom is -0.370 e. The molecule has 98 valence electrons. The van der Waals surface area contributed by atoms with Gasteiger partial charge in [0.05, 0.1) is 0 Å². The lowest BCUT2D eigenvalue weighted by Gasteiger charge is -2.19. The average molecular weight is 246 g/mol. The van der Waals surface area contributed by atoms with Gasteiger partial charge in [-0.1, -0.05) is 32.0 Å². The van der Waals surface area contributed by atoms with Crippen molar-refractivity contribution >= 4 is 11.6 Å². The second-order valence-corrected chi connectivity index (χ2v) is 5.31. The van der Waals surface area contributed by atoms with Crippen LogP contribution >= 0.6 is 0 Å². The average Bonchev–Trinajstić information content (AvgIpc) is 2.77. The number of amides is 1. The molecule has 0 aromatic heterocycles. The number of carbonyl (C=O) groups excluding carboxylic acids is 1. The molecule has 1 aliphatic rings. The second kappa shape index (κ2) is 5.89. The van der Waals surface area contributed by atoms with Gasteiger partial charge in [-0.15, -0.1) is 0 Å². The molecule has 1 aromatic carbocycles. The molecule has 0 radical (unpaired) electrons. The van der Waals surface area contributed by atoms with Crippen LogP contribution in [-0.4, -0.2) is 25.5 Å². The first kappa shape index (κ1) is 12.9. The van der Waals surface area contributed by atoms with Gasteiger partial charge in [-0.25, -0.2) is 0 Å². The van der Waals surface area contributed by atoms with Gasteiger partial charge in [0.15, 0.2) is 0 Å². The molecule has 0 bridgehead atoms. The van der Waals surface area contributed by atoms with E-state index in [4.69, 9.17) is 0 Å². The quantitative estimate of drug-likeness (QED) is 0.864. The predicted octanol–water partition coefficient (Wildman–Crippen LogP) is 2.21. The molecule has 0 atom stereocenters. The maximum Gasteiger partial charge on any atom is 0.221 e. The fourth-order valence-electron chi connectivity index (χ4n) is 2.28. The molecule has 3 nitrogen and oxygen atoms in total. The molecule has 0 spiro atoms. The van der Waals surface area contributed by atoms with Crippen molar-refractivity contribution in [2.24, 2.45) is 5.92 Å². The fourth-order valence-corrected chi connectivity index (χ4v) is 2.28. The number of para-hydroxylation sites is 1. The van der Waals surface area contributed by atoms with Gasteiger partial charge in [-0.3, -0.25) is 4.79 Å². The number of carbonyl (C=O) groups is 1. The van der Waals surface area contributed by atoms with Gasteiger partial charge in [0.2, 0.25) is 5.91 Å². The topological polar surface area (TPSA) is 32.3 Å². The molecule has 1 amide bonds. The highest BCUT2D eigenvalue weighted by Gasteiger charge is 2.18. The lowest BCUT2D eigenvalue weighted by Crippen LogP contribution is -2.31. The third-order valence-electron chi connectivity index (χ3n) is 3.30. The maximum absolute atomic E-state index is 11.7. The van der Waals surface area contributed by atoms with E-state index in [1.807, 2.05) is 0 Å². The van der Waals surface area contributed by atoms with Crippen molar-refractivity contribution in [3.05, 3.63) is 29.8 Å². The number of fused-ring (bicyclic) bond motifs is 1. The Bertz CT molecular complexity index is 415. The summed E-state index contributed by atoms with van der Waals surface area (Å²) in [5.41, 5.74) is 2.70. The van der Waals surface area contributed by atoms with Crippen LogP contribution in [0.25, 0.3) is 0 Å². The van der Waals surface area contributed by atoms with Crippen molar-refractivity contribution in [1.82, 2.24) is 5.32 Å². The van der Waals surface area contributed by atoms with Crippen LogP contribution in [-0.2, 0) is 11.2 Å². The molecule has 0 saturated carbocycles. The predicted molar refractivity (Wildman–Crippen MR) is 74.8 cm³/mol. The summed E-state index contributed by atoms with van der Waals surface area (Å²) in [4.78, 5) is 14.0. The smallest absolute Gasteiger partial charge is 0.221 e. The van der Waals surface area contributed by atoms with Gasteiger partial charge < -0.3 is 10.2 Å². The normalized spacial score (nSPS) is 13.8. The Morgan fingerprint density at radius 2 is 2.17 bits per heavy atom. The van der Waals surface area contributed by atoms with Crippen molar-refractivity contribution in [3.63, 3.8) is 0 Å².